The number of carbonyl (C=O) groups is 1. The van der Waals surface area contributed by atoms with E-state index in [4.69, 9.17) is 4.74 Å². The topological polar surface area (TPSA) is 66.5 Å². The summed E-state index contributed by atoms with van der Waals surface area (Å²) >= 11 is 0. The van der Waals surface area contributed by atoms with Crippen molar-refractivity contribution in [3.05, 3.63) is 59.9 Å². The number of likely N-dealkylation sites (tertiary alicyclic amines) is 1. The van der Waals surface area contributed by atoms with Crippen molar-refractivity contribution in [2.45, 2.75) is 37.3 Å². The summed E-state index contributed by atoms with van der Waals surface area (Å²) in [5, 5.41) is 0. The van der Waals surface area contributed by atoms with E-state index in [1.807, 2.05) is 41.6 Å². The molecule has 3 atom stereocenters. The number of aromatic nitrogens is 1. The molecule has 0 aliphatic carbocycles. The summed E-state index contributed by atoms with van der Waals surface area (Å²) in [4.78, 5) is 19.6. The molecule has 2 N–H and O–H groups in total. The van der Waals surface area contributed by atoms with E-state index in [1.54, 1.807) is 7.11 Å². The van der Waals surface area contributed by atoms with Crippen molar-refractivity contribution in [2.75, 3.05) is 20.2 Å². The van der Waals surface area contributed by atoms with Crippen LogP contribution in [-0.2, 0) is 0 Å². The molecule has 6 nitrogen and oxygen atoms in total. The van der Waals surface area contributed by atoms with Crippen LogP contribution in [-0.4, -0.2) is 48.1 Å². The van der Waals surface area contributed by atoms with Crippen molar-refractivity contribution in [1.82, 2.24) is 20.7 Å². The number of rotatable bonds is 4. The van der Waals surface area contributed by atoms with E-state index in [1.165, 1.54) is 5.56 Å². The number of carbonyl (C=O) groups excluding carboxylic acids is 1. The summed E-state index contributed by atoms with van der Waals surface area (Å²) in [5.74, 6) is 0.999. The van der Waals surface area contributed by atoms with Crippen LogP contribution >= 0.6 is 0 Å². The van der Waals surface area contributed by atoms with Crippen molar-refractivity contribution >= 4 is 5.91 Å². The van der Waals surface area contributed by atoms with Crippen molar-refractivity contribution in [1.29, 1.82) is 0 Å². The smallest absolute Gasteiger partial charge is 0.257 e. The molecule has 1 aromatic carbocycles. The summed E-state index contributed by atoms with van der Waals surface area (Å²) < 4.78 is 5.43. The number of amides is 1. The van der Waals surface area contributed by atoms with E-state index in [0.29, 0.717) is 17.2 Å². The van der Waals surface area contributed by atoms with Crippen LogP contribution < -0.4 is 15.6 Å². The van der Waals surface area contributed by atoms with Gasteiger partial charge in [0.1, 0.15) is 5.75 Å². The van der Waals surface area contributed by atoms with E-state index in [9.17, 15) is 4.79 Å². The monoisotopic (exact) mass is 366 g/mol. The number of pyridine rings is 1. The molecule has 0 bridgehead atoms. The van der Waals surface area contributed by atoms with E-state index in [2.05, 4.69) is 28.0 Å². The Bertz CT molecular complexity index is 783. The Labute approximate surface area is 159 Å². The molecule has 2 saturated heterocycles. The van der Waals surface area contributed by atoms with Gasteiger partial charge < -0.3 is 9.64 Å². The van der Waals surface area contributed by atoms with Crippen LogP contribution in [0.25, 0.3) is 0 Å². The number of hydrogen-bond donors (Lipinski definition) is 2. The maximum atomic E-state index is 13.4. The number of ether oxygens (including phenoxy) is 1. The van der Waals surface area contributed by atoms with Crippen LogP contribution in [0.3, 0.4) is 0 Å². The normalized spacial score (nSPS) is 25.4. The molecule has 2 fully saturated rings. The second-order valence-corrected chi connectivity index (χ2v) is 7.20. The predicted octanol–water partition coefficient (Wildman–Crippen LogP) is 2.35. The summed E-state index contributed by atoms with van der Waals surface area (Å²) in [6, 6.07) is 11.9. The maximum absolute atomic E-state index is 13.4. The Morgan fingerprint density at radius 3 is 2.81 bits per heavy atom. The lowest BCUT2D eigenvalue weighted by molar-refractivity contribution is 0.0547. The van der Waals surface area contributed by atoms with Gasteiger partial charge in [-0.05, 0) is 49.1 Å². The Balaban J connectivity index is 1.61. The molecule has 4 rings (SSSR count). The van der Waals surface area contributed by atoms with Crippen molar-refractivity contribution in [2.24, 2.45) is 0 Å². The zero-order valence-corrected chi connectivity index (χ0v) is 15.6. The van der Waals surface area contributed by atoms with E-state index >= 15 is 0 Å². The van der Waals surface area contributed by atoms with E-state index in [0.717, 1.165) is 32.4 Å². The minimum atomic E-state index is 0.0549. The number of piperidine rings is 1. The average Bonchev–Trinajstić information content (AvgIpc) is 3.23. The van der Waals surface area contributed by atoms with Gasteiger partial charge in [-0.2, -0.15) is 0 Å². The zero-order chi connectivity index (χ0) is 18.6. The van der Waals surface area contributed by atoms with Gasteiger partial charge in [0.15, 0.2) is 0 Å². The fraction of sp³-hybridized carbons (Fsp3) is 0.429. The molecule has 3 unspecified atom stereocenters. The van der Waals surface area contributed by atoms with Gasteiger partial charge in [0.25, 0.3) is 5.91 Å². The molecule has 2 aromatic rings. The Kier molecular flexibility index (Phi) is 5.36. The summed E-state index contributed by atoms with van der Waals surface area (Å²) in [7, 11) is 1.61. The first kappa shape index (κ1) is 17.9. The van der Waals surface area contributed by atoms with Crippen molar-refractivity contribution < 1.29 is 9.53 Å². The fourth-order valence-electron chi connectivity index (χ4n) is 4.37. The highest BCUT2D eigenvalue weighted by molar-refractivity contribution is 5.97. The third kappa shape index (κ3) is 3.55. The molecule has 0 radical (unpaired) electrons. The summed E-state index contributed by atoms with van der Waals surface area (Å²) in [6.07, 6.45) is 6.85. The lowest BCUT2D eigenvalue weighted by atomic mass is 9.84. The molecule has 0 saturated carbocycles. The van der Waals surface area contributed by atoms with Crippen LogP contribution in [0, 0.1) is 0 Å². The van der Waals surface area contributed by atoms with Crippen molar-refractivity contribution in [3.63, 3.8) is 0 Å². The van der Waals surface area contributed by atoms with Gasteiger partial charge in [-0.25, -0.2) is 0 Å². The second-order valence-electron chi connectivity index (χ2n) is 7.20. The molecule has 6 heteroatoms. The van der Waals surface area contributed by atoms with Gasteiger partial charge in [0.05, 0.1) is 12.7 Å². The van der Waals surface area contributed by atoms with Gasteiger partial charge >= 0.3 is 0 Å². The predicted molar refractivity (Wildman–Crippen MR) is 104 cm³/mol. The third-order valence-electron chi connectivity index (χ3n) is 5.72. The SMILES string of the molecule is COc1ccccc1C(=O)N1CCCCC1C1NNCC1c1ccncc1. The summed E-state index contributed by atoms with van der Waals surface area (Å²) in [6.45, 7) is 1.63. The molecular formula is C21H26N4O2. The zero-order valence-electron chi connectivity index (χ0n) is 15.6. The van der Waals surface area contributed by atoms with Crippen LogP contribution in [0.1, 0.15) is 41.1 Å². The van der Waals surface area contributed by atoms with Gasteiger partial charge in [0.2, 0.25) is 0 Å². The molecule has 2 aliphatic rings. The minimum absolute atomic E-state index is 0.0549. The van der Waals surface area contributed by atoms with Gasteiger partial charge in [-0.1, -0.05) is 12.1 Å². The number of methoxy groups -OCH3 is 1. The van der Waals surface area contributed by atoms with E-state index < -0.39 is 0 Å². The first-order chi connectivity index (χ1) is 13.3. The molecular weight excluding hydrogens is 340 g/mol. The molecule has 3 heterocycles. The molecule has 0 spiro atoms. The number of benzene rings is 1. The molecule has 2 aliphatic heterocycles. The number of hydrogen-bond acceptors (Lipinski definition) is 5. The highest BCUT2D eigenvalue weighted by atomic mass is 16.5. The maximum Gasteiger partial charge on any atom is 0.257 e. The molecule has 1 amide bonds. The van der Waals surface area contributed by atoms with E-state index in [-0.39, 0.29) is 18.0 Å². The second kappa shape index (κ2) is 8.06. The minimum Gasteiger partial charge on any atom is -0.496 e. The van der Waals surface area contributed by atoms with Gasteiger partial charge in [0, 0.05) is 43.5 Å². The standard InChI is InChI=1S/C21H26N4O2/c1-27-19-8-3-2-6-16(19)21(26)25-13-5-4-7-18(25)20-17(14-23-24-20)15-9-11-22-12-10-15/h2-3,6,8-12,17-18,20,23-24H,4-5,7,13-14H2,1H3. The highest BCUT2D eigenvalue weighted by Gasteiger charge is 2.40. The Hall–Kier alpha value is -2.44. The lowest BCUT2D eigenvalue weighted by Gasteiger charge is -2.41. The van der Waals surface area contributed by atoms with Crippen molar-refractivity contribution in [3.8, 4) is 5.75 Å². The fourth-order valence-corrected chi connectivity index (χ4v) is 4.37. The Morgan fingerprint density at radius 1 is 1.19 bits per heavy atom. The molecule has 27 heavy (non-hydrogen) atoms. The van der Waals surface area contributed by atoms with Gasteiger partial charge in [-0.3, -0.25) is 20.6 Å². The van der Waals surface area contributed by atoms with Crippen LogP contribution in [0.2, 0.25) is 0 Å². The first-order valence-corrected chi connectivity index (χ1v) is 9.62. The highest BCUT2D eigenvalue weighted by Crippen LogP contribution is 2.32. The molecule has 1 aromatic heterocycles. The van der Waals surface area contributed by atoms with Gasteiger partial charge in [-0.15, -0.1) is 0 Å². The molecule has 142 valence electrons. The largest absolute Gasteiger partial charge is 0.496 e. The average molecular weight is 366 g/mol. The number of hydrazine groups is 1. The van der Waals surface area contributed by atoms with Crippen LogP contribution in [0.4, 0.5) is 0 Å². The first-order valence-electron chi connectivity index (χ1n) is 9.62. The number of nitrogens with one attached hydrogen (secondary N) is 2. The third-order valence-corrected chi connectivity index (χ3v) is 5.72. The number of nitrogens with zero attached hydrogens (tertiary/aromatic N) is 2. The van der Waals surface area contributed by atoms with Crippen LogP contribution in [0.15, 0.2) is 48.8 Å². The number of para-hydroxylation sites is 1. The lowest BCUT2D eigenvalue weighted by Crippen LogP contribution is -2.55. The Morgan fingerprint density at radius 2 is 2.00 bits per heavy atom. The summed E-state index contributed by atoms with van der Waals surface area (Å²) in [5.41, 5.74) is 8.64. The van der Waals surface area contributed by atoms with Crippen LogP contribution in [0.5, 0.6) is 5.75 Å². The quantitative estimate of drug-likeness (QED) is 0.870.